The first kappa shape index (κ1) is 20.0. The van der Waals surface area contributed by atoms with E-state index in [4.69, 9.17) is 4.74 Å². The Hall–Kier alpha value is -3.88. The van der Waals surface area contributed by atoms with Crippen LogP contribution in [0.3, 0.4) is 0 Å². The van der Waals surface area contributed by atoms with E-state index in [1.165, 1.54) is 19.5 Å². The van der Waals surface area contributed by atoms with E-state index in [0.29, 0.717) is 11.5 Å². The number of aromatic nitrogens is 6. The molecule has 0 bridgehead atoms. The van der Waals surface area contributed by atoms with E-state index in [2.05, 4.69) is 40.7 Å². The van der Waals surface area contributed by atoms with Crippen molar-refractivity contribution in [3.05, 3.63) is 60.4 Å². The Bertz CT molecular complexity index is 1260. The number of anilines is 1. The third-order valence-electron chi connectivity index (χ3n) is 5.92. The van der Waals surface area contributed by atoms with Crippen LogP contribution in [0.2, 0.25) is 0 Å². The van der Waals surface area contributed by atoms with Crippen molar-refractivity contribution >= 4 is 22.8 Å². The largest absolute Gasteiger partial charge is 0.465 e. The molecule has 1 saturated heterocycles. The average molecular weight is 429 g/mol. The van der Waals surface area contributed by atoms with Gasteiger partial charge in [0, 0.05) is 48.3 Å². The van der Waals surface area contributed by atoms with E-state index >= 15 is 0 Å². The minimum absolute atomic E-state index is 0.283. The highest BCUT2D eigenvalue weighted by Gasteiger charge is 2.24. The Labute approximate surface area is 185 Å². The van der Waals surface area contributed by atoms with Gasteiger partial charge in [-0.05, 0) is 38.0 Å². The standard InChI is InChI=1S/C23H23N7O2/c1-15-19(4-3-7-24-15)20-10-16-13-28-30(21(16)14-25-20)18-5-8-29(9-6-18)23-26-11-17(12-27-23)22(31)32-2/h3-4,7,10-14,18H,5-6,8-9H2,1-2H3. The predicted molar refractivity (Wildman–Crippen MR) is 119 cm³/mol. The quantitative estimate of drug-likeness (QED) is 0.456. The number of esters is 1. The van der Waals surface area contributed by atoms with Crippen molar-refractivity contribution < 1.29 is 9.53 Å². The molecule has 0 unspecified atom stereocenters. The molecule has 162 valence electrons. The van der Waals surface area contributed by atoms with Crippen LogP contribution in [-0.2, 0) is 4.74 Å². The van der Waals surface area contributed by atoms with Gasteiger partial charge in [0.1, 0.15) is 0 Å². The number of piperidine rings is 1. The van der Waals surface area contributed by atoms with Crippen LogP contribution in [0.5, 0.6) is 0 Å². The summed E-state index contributed by atoms with van der Waals surface area (Å²) in [6, 6.07) is 6.33. The minimum atomic E-state index is -0.434. The number of hydrogen-bond acceptors (Lipinski definition) is 8. The molecule has 0 aromatic carbocycles. The maximum Gasteiger partial charge on any atom is 0.341 e. The average Bonchev–Trinajstić information content (AvgIpc) is 3.27. The molecule has 1 fully saturated rings. The van der Waals surface area contributed by atoms with Crippen LogP contribution in [0.15, 0.2) is 49.2 Å². The number of hydrogen-bond donors (Lipinski definition) is 0. The summed E-state index contributed by atoms with van der Waals surface area (Å²) >= 11 is 0. The zero-order valence-electron chi connectivity index (χ0n) is 18.0. The minimum Gasteiger partial charge on any atom is -0.465 e. The Morgan fingerprint density at radius 3 is 2.56 bits per heavy atom. The monoisotopic (exact) mass is 429 g/mol. The molecule has 0 spiro atoms. The number of aryl methyl sites for hydroxylation is 1. The van der Waals surface area contributed by atoms with Crippen LogP contribution >= 0.6 is 0 Å². The third-order valence-corrected chi connectivity index (χ3v) is 5.92. The van der Waals surface area contributed by atoms with Crippen LogP contribution in [0.25, 0.3) is 22.2 Å². The summed E-state index contributed by atoms with van der Waals surface area (Å²) in [7, 11) is 1.34. The summed E-state index contributed by atoms with van der Waals surface area (Å²) in [6.07, 6.45) is 10.5. The number of carbonyl (C=O) groups excluding carboxylic acids is 1. The number of rotatable bonds is 4. The van der Waals surface area contributed by atoms with E-state index in [1.54, 1.807) is 6.20 Å². The first-order valence-corrected chi connectivity index (χ1v) is 10.5. The van der Waals surface area contributed by atoms with Gasteiger partial charge in [0.2, 0.25) is 5.95 Å². The summed E-state index contributed by atoms with van der Waals surface area (Å²) < 4.78 is 6.78. The first-order valence-electron chi connectivity index (χ1n) is 10.5. The molecule has 0 radical (unpaired) electrons. The lowest BCUT2D eigenvalue weighted by Crippen LogP contribution is -2.36. The fourth-order valence-corrected chi connectivity index (χ4v) is 4.16. The Kier molecular flexibility index (Phi) is 5.22. The Balaban J connectivity index is 1.31. The van der Waals surface area contributed by atoms with Crippen LogP contribution in [0.1, 0.15) is 34.9 Å². The highest BCUT2D eigenvalue weighted by Crippen LogP contribution is 2.29. The van der Waals surface area contributed by atoms with E-state index in [-0.39, 0.29) is 6.04 Å². The zero-order chi connectivity index (χ0) is 22.1. The molecule has 0 atom stereocenters. The van der Waals surface area contributed by atoms with Crippen molar-refractivity contribution in [2.24, 2.45) is 0 Å². The number of methoxy groups -OCH3 is 1. The fraction of sp³-hybridized carbons (Fsp3) is 0.304. The van der Waals surface area contributed by atoms with Gasteiger partial charge in [-0.2, -0.15) is 5.10 Å². The summed E-state index contributed by atoms with van der Waals surface area (Å²) in [5.74, 6) is 0.191. The van der Waals surface area contributed by atoms with Crippen molar-refractivity contribution in [1.29, 1.82) is 0 Å². The SMILES string of the molecule is COC(=O)c1cnc(N2CCC(n3ncc4cc(-c5cccnc5C)ncc43)CC2)nc1. The molecule has 5 heterocycles. The third kappa shape index (κ3) is 3.66. The maximum atomic E-state index is 11.6. The van der Waals surface area contributed by atoms with Crippen LogP contribution in [0, 0.1) is 6.92 Å². The molecule has 1 aliphatic rings. The summed E-state index contributed by atoms with van der Waals surface area (Å²) in [6.45, 7) is 3.61. The molecule has 0 saturated carbocycles. The van der Waals surface area contributed by atoms with Gasteiger partial charge >= 0.3 is 5.97 Å². The lowest BCUT2D eigenvalue weighted by atomic mass is 10.1. The lowest BCUT2D eigenvalue weighted by Gasteiger charge is -2.32. The van der Waals surface area contributed by atoms with E-state index in [1.807, 2.05) is 31.5 Å². The van der Waals surface area contributed by atoms with E-state index in [9.17, 15) is 4.79 Å². The topological polar surface area (TPSA) is 98.9 Å². The van der Waals surface area contributed by atoms with E-state index in [0.717, 1.165) is 53.8 Å². The molecule has 5 rings (SSSR count). The fourth-order valence-electron chi connectivity index (χ4n) is 4.16. The molecule has 9 heteroatoms. The molecule has 0 N–H and O–H groups in total. The number of carbonyl (C=O) groups is 1. The van der Waals surface area contributed by atoms with Crippen LogP contribution in [-0.4, -0.2) is 55.9 Å². The van der Waals surface area contributed by atoms with Gasteiger partial charge < -0.3 is 9.64 Å². The second-order valence-corrected chi connectivity index (χ2v) is 7.84. The molecule has 32 heavy (non-hydrogen) atoms. The van der Waals surface area contributed by atoms with Gasteiger partial charge in [0.05, 0.1) is 42.3 Å². The second kappa shape index (κ2) is 8.33. The van der Waals surface area contributed by atoms with Crippen LogP contribution < -0.4 is 4.90 Å². The molecule has 4 aromatic heterocycles. The normalized spacial score (nSPS) is 14.6. The van der Waals surface area contributed by atoms with Crippen LogP contribution in [0.4, 0.5) is 5.95 Å². The lowest BCUT2D eigenvalue weighted by molar-refractivity contribution is 0.0600. The smallest absolute Gasteiger partial charge is 0.341 e. The van der Waals surface area contributed by atoms with Gasteiger partial charge in [-0.15, -0.1) is 0 Å². The molecular formula is C23H23N7O2. The number of fused-ring (bicyclic) bond motifs is 1. The number of ether oxygens (including phenoxy) is 1. The summed E-state index contributed by atoms with van der Waals surface area (Å²) in [5, 5.41) is 5.75. The van der Waals surface area contributed by atoms with Gasteiger partial charge in [-0.3, -0.25) is 14.6 Å². The summed E-state index contributed by atoms with van der Waals surface area (Å²) in [4.78, 5) is 31.4. The van der Waals surface area contributed by atoms with Gasteiger partial charge in [0.25, 0.3) is 0 Å². The highest BCUT2D eigenvalue weighted by atomic mass is 16.5. The second-order valence-electron chi connectivity index (χ2n) is 7.84. The molecule has 1 aliphatic heterocycles. The highest BCUT2D eigenvalue weighted by molar-refractivity contribution is 5.88. The van der Waals surface area contributed by atoms with Crippen molar-refractivity contribution in [3.63, 3.8) is 0 Å². The van der Waals surface area contributed by atoms with Gasteiger partial charge in [-0.1, -0.05) is 0 Å². The Morgan fingerprint density at radius 2 is 1.84 bits per heavy atom. The zero-order valence-corrected chi connectivity index (χ0v) is 18.0. The maximum absolute atomic E-state index is 11.6. The van der Waals surface area contributed by atoms with Crippen molar-refractivity contribution in [2.45, 2.75) is 25.8 Å². The molecular weight excluding hydrogens is 406 g/mol. The molecule has 4 aromatic rings. The molecule has 0 aliphatic carbocycles. The van der Waals surface area contributed by atoms with Gasteiger partial charge in [-0.25, -0.2) is 14.8 Å². The summed E-state index contributed by atoms with van der Waals surface area (Å²) in [5.41, 5.74) is 4.29. The molecule has 0 amide bonds. The predicted octanol–water partition coefficient (Wildman–Crippen LogP) is 3.22. The Morgan fingerprint density at radius 1 is 1.06 bits per heavy atom. The molecule has 9 nitrogen and oxygen atoms in total. The van der Waals surface area contributed by atoms with Crippen molar-refractivity contribution in [3.8, 4) is 11.3 Å². The first-order chi connectivity index (χ1) is 15.6. The van der Waals surface area contributed by atoms with Crippen molar-refractivity contribution in [2.75, 3.05) is 25.1 Å². The number of nitrogens with zero attached hydrogens (tertiary/aromatic N) is 7. The van der Waals surface area contributed by atoms with Gasteiger partial charge in [0.15, 0.2) is 0 Å². The van der Waals surface area contributed by atoms with E-state index < -0.39 is 5.97 Å². The van der Waals surface area contributed by atoms with Crippen molar-refractivity contribution in [1.82, 2.24) is 29.7 Å². The number of pyridine rings is 2.